The van der Waals surface area contributed by atoms with Crippen molar-refractivity contribution in [1.82, 2.24) is 5.43 Å². The smallest absolute Gasteiger partial charge is 0.344 e. The summed E-state index contributed by atoms with van der Waals surface area (Å²) in [5, 5.41) is 8.07. The van der Waals surface area contributed by atoms with Crippen molar-refractivity contribution in [2.45, 2.75) is 6.92 Å². The second-order valence-electron chi connectivity index (χ2n) is 7.50. The Balaban J connectivity index is 1.32. The predicted molar refractivity (Wildman–Crippen MR) is 131 cm³/mol. The number of anilines is 1. The Morgan fingerprint density at radius 1 is 0.794 bits per heavy atom. The van der Waals surface area contributed by atoms with Crippen molar-refractivity contribution in [3.8, 4) is 5.75 Å². The van der Waals surface area contributed by atoms with E-state index in [0.717, 1.165) is 16.3 Å². The number of benzene rings is 4. The van der Waals surface area contributed by atoms with Crippen molar-refractivity contribution in [2.75, 3.05) is 5.32 Å². The van der Waals surface area contributed by atoms with Gasteiger partial charge < -0.3 is 10.1 Å². The van der Waals surface area contributed by atoms with Gasteiger partial charge in [0, 0.05) is 5.69 Å². The van der Waals surface area contributed by atoms with Gasteiger partial charge in [0.15, 0.2) is 0 Å². The second-order valence-corrected chi connectivity index (χ2v) is 7.50. The molecule has 0 aliphatic carbocycles. The summed E-state index contributed by atoms with van der Waals surface area (Å²) in [6.45, 7) is 1.93. The lowest BCUT2D eigenvalue weighted by molar-refractivity contribution is -0.136. The molecule has 4 aromatic rings. The van der Waals surface area contributed by atoms with E-state index in [1.54, 1.807) is 42.5 Å². The molecular formula is C27H21N3O4. The normalized spacial score (nSPS) is 10.7. The van der Waals surface area contributed by atoms with E-state index in [4.69, 9.17) is 4.74 Å². The highest BCUT2D eigenvalue weighted by molar-refractivity contribution is 6.39. The van der Waals surface area contributed by atoms with E-state index in [1.807, 2.05) is 55.5 Å². The summed E-state index contributed by atoms with van der Waals surface area (Å²) in [6, 6.07) is 26.7. The molecule has 4 aromatic carbocycles. The fourth-order valence-corrected chi connectivity index (χ4v) is 3.23. The minimum atomic E-state index is -0.891. The Morgan fingerprint density at radius 3 is 2.26 bits per heavy atom. The van der Waals surface area contributed by atoms with Crippen LogP contribution in [0.15, 0.2) is 96.1 Å². The average Bonchev–Trinajstić information content (AvgIpc) is 2.86. The van der Waals surface area contributed by atoms with Crippen LogP contribution in [0, 0.1) is 6.92 Å². The molecule has 0 bridgehead atoms. The standard InChI is InChI=1S/C27H21N3O4/c1-18-9-13-21(14-10-18)29-25(31)26(32)30-28-17-19-11-15-22(16-12-19)34-27(33)24-8-4-6-20-5-2-3-7-23(20)24/h2-17H,1H3,(H,29,31)(H,30,32)/b28-17-. The van der Waals surface area contributed by atoms with Crippen LogP contribution in [0.25, 0.3) is 10.8 Å². The minimum absolute atomic E-state index is 0.372. The fraction of sp³-hybridized carbons (Fsp3) is 0.0370. The van der Waals surface area contributed by atoms with Crippen molar-refractivity contribution < 1.29 is 19.1 Å². The van der Waals surface area contributed by atoms with Gasteiger partial charge in [-0.1, -0.05) is 54.1 Å². The third kappa shape index (κ3) is 5.52. The van der Waals surface area contributed by atoms with Gasteiger partial charge in [-0.3, -0.25) is 9.59 Å². The lowest BCUT2D eigenvalue weighted by atomic mass is 10.0. The zero-order valence-corrected chi connectivity index (χ0v) is 18.3. The Kier molecular flexibility index (Phi) is 6.74. The first kappa shape index (κ1) is 22.4. The molecule has 4 rings (SSSR count). The summed E-state index contributed by atoms with van der Waals surface area (Å²) in [4.78, 5) is 36.5. The van der Waals surface area contributed by atoms with E-state index < -0.39 is 17.8 Å². The second kappa shape index (κ2) is 10.2. The number of rotatable bonds is 5. The number of hydrogen-bond donors (Lipinski definition) is 2. The number of fused-ring (bicyclic) bond motifs is 1. The van der Waals surface area contributed by atoms with Crippen LogP contribution in [-0.2, 0) is 9.59 Å². The van der Waals surface area contributed by atoms with Crippen LogP contribution in [0.3, 0.4) is 0 Å². The maximum atomic E-state index is 12.6. The molecule has 0 aromatic heterocycles. The minimum Gasteiger partial charge on any atom is -0.423 e. The number of esters is 1. The summed E-state index contributed by atoms with van der Waals surface area (Å²) < 4.78 is 5.50. The third-order valence-corrected chi connectivity index (χ3v) is 5.00. The highest BCUT2D eigenvalue weighted by Gasteiger charge is 2.13. The van der Waals surface area contributed by atoms with E-state index in [1.165, 1.54) is 6.21 Å². The van der Waals surface area contributed by atoms with Crippen LogP contribution in [0.1, 0.15) is 21.5 Å². The average molecular weight is 451 g/mol. The number of nitrogens with zero attached hydrogens (tertiary/aromatic N) is 1. The van der Waals surface area contributed by atoms with Crippen LogP contribution in [0.2, 0.25) is 0 Å². The summed E-state index contributed by atoms with van der Waals surface area (Å²) in [7, 11) is 0. The van der Waals surface area contributed by atoms with Crippen molar-refractivity contribution in [1.29, 1.82) is 0 Å². The zero-order valence-electron chi connectivity index (χ0n) is 18.3. The molecule has 0 radical (unpaired) electrons. The van der Waals surface area contributed by atoms with E-state index in [2.05, 4.69) is 15.8 Å². The molecule has 0 atom stereocenters. The summed E-state index contributed by atoms with van der Waals surface area (Å²) in [6.07, 6.45) is 1.38. The molecule has 0 fully saturated rings. The van der Waals surface area contributed by atoms with Crippen molar-refractivity contribution in [2.24, 2.45) is 5.10 Å². The van der Waals surface area contributed by atoms with Gasteiger partial charge in [0.05, 0.1) is 11.8 Å². The highest BCUT2D eigenvalue weighted by atomic mass is 16.5. The molecule has 0 saturated heterocycles. The molecule has 2 N–H and O–H groups in total. The SMILES string of the molecule is Cc1ccc(NC(=O)C(=O)N/N=C\c2ccc(OC(=O)c3cccc4ccccc34)cc2)cc1. The van der Waals surface area contributed by atoms with E-state index in [-0.39, 0.29) is 0 Å². The largest absolute Gasteiger partial charge is 0.423 e. The van der Waals surface area contributed by atoms with Gasteiger partial charge in [-0.2, -0.15) is 5.10 Å². The number of hydrogen-bond acceptors (Lipinski definition) is 5. The quantitative estimate of drug-likeness (QED) is 0.154. The lowest BCUT2D eigenvalue weighted by Gasteiger charge is -2.07. The van der Waals surface area contributed by atoms with Crippen molar-refractivity contribution in [3.05, 3.63) is 108 Å². The number of ether oxygens (including phenoxy) is 1. The van der Waals surface area contributed by atoms with Gasteiger partial charge in [0.25, 0.3) is 0 Å². The van der Waals surface area contributed by atoms with Gasteiger partial charge in [-0.25, -0.2) is 10.2 Å². The first-order valence-corrected chi connectivity index (χ1v) is 10.5. The molecule has 7 heteroatoms. The third-order valence-electron chi connectivity index (χ3n) is 5.00. The number of carbonyl (C=O) groups is 3. The van der Waals surface area contributed by atoms with Gasteiger partial charge in [0.1, 0.15) is 5.75 Å². The van der Waals surface area contributed by atoms with E-state index >= 15 is 0 Å². The van der Waals surface area contributed by atoms with E-state index in [0.29, 0.717) is 22.6 Å². The molecule has 0 aliphatic heterocycles. The number of carbonyl (C=O) groups excluding carboxylic acids is 3. The van der Waals surface area contributed by atoms with Crippen LogP contribution >= 0.6 is 0 Å². The predicted octanol–water partition coefficient (Wildman–Crippen LogP) is 4.46. The van der Waals surface area contributed by atoms with Crippen LogP contribution < -0.4 is 15.5 Å². The summed E-state index contributed by atoms with van der Waals surface area (Å²) in [5.74, 6) is -1.80. The molecule has 2 amide bonds. The number of amides is 2. The van der Waals surface area contributed by atoms with Crippen LogP contribution in [0.4, 0.5) is 5.69 Å². The van der Waals surface area contributed by atoms with Gasteiger partial charge in [-0.15, -0.1) is 0 Å². The molecular weight excluding hydrogens is 430 g/mol. The van der Waals surface area contributed by atoms with Gasteiger partial charge in [-0.05, 0) is 65.7 Å². The Morgan fingerprint density at radius 2 is 1.50 bits per heavy atom. The van der Waals surface area contributed by atoms with Gasteiger partial charge in [0.2, 0.25) is 0 Å². The molecule has 168 valence electrons. The van der Waals surface area contributed by atoms with E-state index in [9.17, 15) is 14.4 Å². The van der Waals surface area contributed by atoms with Crippen LogP contribution in [-0.4, -0.2) is 24.0 Å². The lowest BCUT2D eigenvalue weighted by Crippen LogP contribution is -2.32. The maximum Gasteiger partial charge on any atom is 0.344 e. The zero-order chi connectivity index (χ0) is 23.9. The molecule has 0 aliphatic rings. The number of nitrogens with one attached hydrogen (secondary N) is 2. The topological polar surface area (TPSA) is 96.9 Å². The molecule has 34 heavy (non-hydrogen) atoms. The summed E-state index contributed by atoms with van der Waals surface area (Å²) in [5.41, 5.74) is 4.87. The molecule has 7 nitrogen and oxygen atoms in total. The number of aryl methyl sites for hydroxylation is 1. The molecule has 0 spiro atoms. The Hall–Kier alpha value is -4.78. The van der Waals surface area contributed by atoms with Crippen LogP contribution in [0.5, 0.6) is 5.75 Å². The van der Waals surface area contributed by atoms with Crippen molar-refractivity contribution in [3.63, 3.8) is 0 Å². The fourth-order valence-electron chi connectivity index (χ4n) is 3.23. The summed E-state index contributed by atoms with van der Waals surface area (Å²) >= 11 is 0. The maximum absolute atomic E-state index is 12.6. The van der Waals surface area contributed by atoms with Crippen molar-refractivity contribution >= 4 is 40.5 Å². The number of hydrazone groups is 1. The molecule has 0 unspecified atom stereocenters. The molecule has 0 heterocycles. The van der Waals surface area contributed by atoms with Gasteiger partial charge >= 0.3 is 17.8 Å². The molecule has 0 saturated carbocycles. The highest BCUT2D eigenvalue weighted by Crippen LogP contribution is 2.21. The first-order chi connectivity index (χ1) is 16.5. The Bertz CT molecular complexity index is 1370. The monoisotopic (exact) mass is 451 g/mol. The Labute approximate surface area is 196 Å². The first-order valence-electron chi connectivity index (χ1n) is 10.5.